The van der Waals surface area contributed by atoms with E-state index in [0.29, 0.717) is 12.2 Å². The number of para-hydroxylation sites is 2. The Morgan fingerprint density at radius 1 is 0.979 bits per heavy atom. The van der Waals surface area contributed by atoms with Crippen LogP contribution in [-0.2, 0) is 25.6 Å². The number of esters is 1. The Labute approximate surface area is 279 Å². The number of imidazole rings is 1. The zero-order valence-electron chi connectivity index (χ0n) is 27.3. The highest BCUT2D eigenvalue weighted by Crippen LogP contribution is 2.42. The second-order valence-corrected chi connectivity index (χ2v) is 12.4. The second kappa shape index (κ2) is 15.2. The number of amides is 2. The lowest BCUT2D eigenvalue weighted by molar-refractivity contribution is -0.276. The molecule has 4 N–H and O–H groups in total. The van der Waals surface area contributed by atoms with E-state index in [9.17, 15) is 19.5 Å². The van der Waals surface area contributed by atoms with Gasteiger partial charge >= 0.3 is 17.7 Å². The van der Waals surface area contributed by atoms with Crippen molar-refractivity contribution < 1.29 is 28.9 Å². The normalized spacial score (nSPS) is 22.0. The van der Waals surface area contributed by atoms with Crippen LogP contribution in [0.2, 0.25) is 0 Å². The number of carbonyl (C=O) groups is 2. The average Bonchev–Trinajstić information content (AvgIpc) is 3.44. The Balaban J connectivity index is 1.14. The van der Waals surface area contributed by atoms with Crippen molar-refractivity contribution in [3.8, 4) is 0 Å². The molecule has 2 amide bonds. The van der Waals surface area contributed by atoms with Crippen LogP contribution in [0.5, 0.6) is 0 Å². The molecule has 2 fully saturated rings. The quantitative estimate of drug-likeness (QED) is 0.181. The van der Waals surface area contributed by atoms with Gasteiger partial charge in [0.15, 0.2) is 6.29 Å². The molecule has 0 radical (unpaired) electrons. The van der Waals surface area contributed by atoms with E-state index in [4.69, 9.17) is 14.2 Å². The second-order valence-electron chi connectivity index (χ2n) is 12.4. The van der Waals surface area contributed by atoms with Crippen molar-refractivity contribution in [2.75, 3.05) is 38.1 Å². The number of hydrogen-bond acceptors (Lipinski definition) is 8. The number of fused-ring (bicyclic) bond motifs is 1. The van der Waals surface area contributed by atoms with Crippen LogP contribution in [0.3, 0.4) is 0 Å². The Bertz CT molecular complexity index is 1750. The molecule has 2 aliphatic heterocycles. The Morgan fingerprint density at radius 2 is 1.69 bits per heavy atom. The van der Waals surface area contributed by atoms with Gasteiger partial charge in [-0.3, -0.25) is 9.36 Å². The number of aliphatic hydroxyl groups is 1. The van der Waals surface area contributed by atoms with Crippen molar-refractivity contribution in [2.24, 2.45) is 5.92 Å². The number of aromatic amines is 1. The van der Waals surface area contributed by atoms with Crippen LogP contribution < -0.4 is 16.3 Å². The number of nitrogens with zero attached hydrogens (tertiary/aromatic N) is 2. The first-order chi connectivity index (χ1) is 23.3. The highest BCUT2D eigenvalue weighted by molar-refractivity contribution is 5.91. The first-order valence-electron chi connectivity index (χ1n) is 16.6. The van der Waals surface area contributed by atoms with E-state index >= 15 is 0 Å². The van der Waals surface area contributed by atoms with Crippen LogP contribution in [0.15, 0.2) is 77.6 Å². The van der Waals surface area contributed by atoms with Crippen LogP contribution in [-0.4, -0.2) is 70.4 Å². The van der Waals surface area contributed by atoms with Gasteiger partial charge in [-0.1, -0.05) is 55.5 Å². The van der Waals surface area contributed by atoms with Crippen molar-refractivity contribution in [3.63, 3.8) is 0 Å². The summed E-state index contributed by atoms with van der Waals surface area (Å²) in [5.74, 6) is -0.479. The van der Waals surface area contributed by atoms with Crippen molar-refractivity contribution >= 4 is 28.7 Å². The molecule has 6 rings (SSSR count). The molecule has 254 valence electrons. The van der Waals surface area contributed by atoms with Crippen LogP contribution in [0.1, 0.15) is 61.8 Å². The number of H-pyrrole nitrogens is 1. The zero-order valence-corrected chi connectivity index (χ0v) is 27.3. The number of carbonyl (C=O) groups excluding carboxylic acids is 2. The summed E-state index contributed by atoms with van der Waals surface area (Å²) in [6.07, 6.45) is 0.663. The maximum Gasteiger partial charge on any atom is 0.326 e. The molecule has 3 aromatic carbocycles. The number of rotatable bonds is 10. The maximum atomic E-state index is 12.8. The molecule has 0 aliphatic carbocycles. The fourth-order valence-corrected chi connectivity index (χ4v) is 6.64. The number of nitrogens with one attached hydrogen (secondary N) is 3. The number of benzene rings is 3. The predicted octanol–water partition coefficient (Wildman–Crippen LogP) is 4.64. The fourth-order valence-electron chi connectivity index (χ4n) is 6.64. The van der Waals surface area contributed by atoms with Crippen molar-refractivity contribution in [3.05, 3.63) is 100.0 Å². The Hall–Kier alpha value is -4.49. The molecule has 2 saturated heterocycles. The van der Waals surface area contributed by atoms with Crippen LogP contribution in [0.4, 0.5) is 10.5 Å². The highest BCUT2D eigenvalue weighted by Gasteiger charge is 2.39. The topological polar surface area (TPSA) is 147 Å². The van der Waals surface area contributed by atoms with Crippen molar-refractivity contribution in [2.45, 2.75) is 57.8 Å². The third-order valence-electron chi connectivity index (χ3n) is 9.25. The van der Waals surface area contributed by atoms with E-state index in [1.165, 1.54) is 0 Å². The third-order valence-corrected chi connectivity index (χ3v) is 9.25. The number of aromatic nitrogens is 2. The smallest absolute Gasteiger partial charge is 0.326 e. The summed E-state index contributed by atoms with van der Waals surface area (Å²) in [5, 5.41) is 14.8. The molecule has 4 atom stereocenters. The molecule has 12 heteroatoms. The predicted molar refractivity (Wildman–Crippen MR) is 180 cm³/mol. The number of ether oxygens (including phenoxy) is 3. The standard InChI is InChI=1S/C36H43N5O7/c1-3-46-32(43)20-37-35(44)38-27-14-12-26(13-15-27)34-47-31(23(2)33(48-34)25-10-8-24(22-42)9-11-25)21-40-18-16-28(17-19-40)41-30-7-5-4-6-29(30)39-36(41)45/h4-15,23,28,31,33-34,42H,3,16-22H2,1-2H3,(H,39,45)(H2,37,38,44)/t23-,31+,33+,34+/m0/s1. The summed E-state index contributed by atoms with van der Waals surface area (Å²) in [6.45, 7) is 6.23. The summed E-state index contributed by atoms with van der Waals surface area (Å²) < 4.78 is 20.0. The number of piperidine rings is 1. The number of urea groups is 1. The highest BCUT2D eigenvalue weighted by atomic mass is 16.7. The molecule has 48 heavy (non-hydrogen) atoms. The Morgan fingerprint density at radius 3 is 2.40 bits per heavy atom. The largest absolute Gasteiger partial charge is 0.465 e. The van der Waals surface area contributed by atoms with Crippen LogP contribution in [0.25, 0.3) is 11.0 Å². The maximum absolute atomic E-state index is 12.8. The molecule has 0 unspecified atom stereocenters. The fraction of sp³-hybridized carbons (Fsp3) is 0.417. The molecule has 1 aromatic heterocycles. The molecule has 12 nitrogen and oxygen atoms in total. The van der Waals surface area contributed by atoms with Crippen LogP contribution in [0, 0.1) is 5.92 Å². The van der Waals surface area contributed by atoms with Gasteiger partial charge in [-0.05, 0) is 55.2 Å². The van der Waals surface area contributed by atoms with Crippen molar-refractivity contribution in [1.29, 1.82) is 0 Å². The zero-order chi connectivity index (χ0) is 33.6. The SMILES string of the molecule is CCOC(=O)CNC(=O)Nc1ccc([C@@H]2O[C@H](CN3CCC(n4c(=O)[nH]c5ccccc54)CC3)[C@H](C)[C@H](c3ccc(CO)cc3)O2)cc1. The molecule has 0 bridgehead atoms. The van der Waals surface area contributed by atoms with E-state index in [-0.39, 0.29) is 49.6 Å². The summed E-state index contributed by atoms with van der Waals surface area (Å²) in [4.78, 5) is 42.0. The van der Waals surface area contributed by atoms with E-state index in [0.717, 1.165) is 53.7 Å². The van der Waals surface area contributed by atoms with Gasteiger partial charge in [0, 0.05) is 42.8 Å². The summed E-state index contributed by atoms with van der Waals surface area (Å²) >= 11 is 0. The minimum Gasteiger partial charge on any atom is -0.465 e. The molecule has 2 aliphatic rings. The molecular formula is C36H43N5O7. The molecule has 0 saturated carbocycles. The molecule has 4 aromatic rings. The lowest BCUT2D eigenvalue weighted by atomic mass is 9.89. The minimum absolute atomic E-state index is 0.0271. The Kier molecular flexibility index (Phi) is 10.6. The third kappa shape index (κ3) is 7.63. The van der Waals surface area contributed by atoms with Crippen molar-refractivity contribution in [1.82, 2.24) is 19.8 Å². The van der Waals surface area contributed by atoms with Gasteiger partial charge in [0.1, 0.15) is 6.54 Å². The van der Waals surface area contributed by atoms with Gasteiger partial charge in [-0.15, -0.1) is 0 Å². The number of hydrogen-bond donors (Lipinski definition) is 4. The van der Waals surface area contributed by atoms with E-state index in [1.54, 1.807) is 19.1 Å². The van der Waals surface area contributed by atoms with Gasteiger partial charge in [-0.25, -0.2) is 9.59 Å². The molecule has 0 spiro atoms. The van der Waals surface area contributed by atoms with Crippen LogP contribution >= 0.6 is 0 Å². The van der Waals surface area contributed by atoms with Gasteiger partial charge in [0.25, 0.3) is 0 Å². The summed E-state index contributed by atoms with van der Waals surface area (Å²) in [5.41, 5.74) is 4.93. The number of anilines is 1. The number of aliphatic hydroxyl groups excluding tert-OH is 1. The van der Waals surface area contributed by atoms with Gasteiger partial charge in [0.05, 0.1) is 36.5 Å². The number of likely N-dealkylation sites (tertiary alicyclic amines) is 1. The first-order valence-corrected chi connectivity index (χ1v) is 16.6. The van der Waals surface area contributed by atoms with E-state index < -0.39 is 18.3 Å². The van der Waals surface area contributed by atoms with Gasteiger partial charge in [-0.2, -0.15) is 0 Å². The van der Waals surface area contributed by atoms with Gasteiger partial charge < -0.3 is 39.8 Å². The minimum atomic E-state index is -0.650. The van der Waals surface area contributed by atoms with E-state index in [1.807, 2.05) is 65.2 Å². The van der Waals surface area contributed by atoms with Gasteiger partial charge in [0.2, 0.25) is 0 Å². The molecule has 3 heterocycles. The summed E-state index contributed by atoms with van der Waals surface area (Å²) in [6, 6.07) is 22.5. The monoisotopic (exact) mass is 657 g/mol. The average molecular weight is 658 g/mol. The summed E-state index contributed by atoms with van der Waals surface area (Å²) in [7, 11) is 0. The lowest BCUT2D eigenvalue weighted by Gasteiger charge is -2.44. The first kappa shape index (κ1) is 33.4. The molecular weight excluding hydrogens is 614 g/mol. The lowest BCUT2D eigenvalue weighted by Crippen LogP contribution is -2.47. The van der Waals surface area contributed by atoms with E-state index in [2.05, 4.69) is 27.4 Å².